The second-order valence-electron chi connectivity index (χ2n) is 6.10. The summed E-state index contributed by atoms with van der Waals surface area (Å²) in [5.41, 5.74) is 1.89. The van der Waals surface area contributed by atoms with Crippen molar-refractivity contribution < 1.29 is 14.3 Å². The Hall–Kier alpha value is -2.60. The number of nitrogens with zero attached hydrogens (tertiary/aromatic N) is 3. The summed E-state index contributed by atoms with van der Waals surface area (Å²) in [7, 11) is 1.33. The summed E-state index contributed by atoms with van der Waals surface area (Å²) in [5.74, 6) is 0.149. The molecule has 136 valence electrons. The van der Waals surface area contributed by atoms with Gasteiger partial charge in [0.1, 0.15) is 5.82 Å². The number of carbonyl (C=O) groups is 2. The molecule has 7 heteroatoms. The third kappa shape index (κ3) is 3.12. The number of methoxy groups -OCH3 is 1. The van der Waals surface area contributed by atoms with Gasteiger partial charge in [0, 0.05) is 29.0 Å². The van der Waals surface area contributed by atoms with E-state index in [1.165, 1.54) is 7.11 Å². The number of pyridine rings is 1. The van der Waals surface area contributed by atoms with Crippen molar-refractivity contribution in [2.24, 2.45) is 0 Å². The Morgan fingerprint density at radius 2 is 2.15 bits per heavy atom. The third-order valence-corrected chi connectivity index (χ3v) is 4.81. The molecule has 1 aromatic heterocycles. The third-order valence-electron chi connectivity index (χ3n) is 4.46. The predicted octanol–water partition coefficient (Wildman–Crippen LogP) is 3.92. The molecule has 1 aliphatic rings. The quantitative estimate of drug-likeness (QED) is 0.762. The first kappa shape index (κ1) is 18.2. The first-order chi connectivity index (χ1) is 12.5. The number of amides is 2. The summed E-state index contributed by atoms with van der Waals surface area (Å²) in [6, 6.07) is 8.31. The zero-order valence-corrected chi connectivity index (χ0v) is 15.7. The first-order valence-electron chi connectivity index (χ1n) is 8.40. The van der Waals surface area contributed by atoms with E-state index in [0.29, 0.717) is 35.1 Å². The monoisotopic (exact) mass is 373 g/mol. The summed E-state index contributed by atoms with van der Waals surface area (Å²) < 4.78 is 4.76. The van der Waals surface area contributed by atoms with Crippen LogP contribution >= 0.6 is 11.6 Å². The fraction of sp³-hybridized carbons (Fsp3) is 0.316. The van der Waals surface area contributed by atoms with Gasteiger partial charge in [-0.3, -0.25) is 9.80 Å². The zero-order valence-electron chi connectivity index (χ0n) is 14.9. The van der Waals surface area contributed by atoms with Crippen molar-refractivity contribution in [3.8, 4) is 0 Å². The molecular formula is C19H20ClN3O3. The summed E-state index contributed by atoms with van der Waals surface area (Å²) in [5, 5.41) is 0.601. The molecule has 0 N–H and O–H groups in total. The highest BCUT2D eigenvalue weighted by atomic mass is 35.5. The molecule has 2 amide bonds. The summed E-state index contributed by atoms with van der Waals surface area (Å²) >= 11 is 6.27. The molecule has 0 aliphatic carbocycles. The molecular weight excluding hydrogens is 354 g/mol. The van der Waals surface area contributed by atoms with Crippen LogP contribution in [0.25, 0.3) is 0 Å². The van der Waals surface area contributed by atoms with Gasteiger partial charge in [0.2, 0.25) is 0 Å². The Kier molecular flexibility index (Phi) is 5.13. The fourth-order valence-corrected chi connectivity index (χ4v) is 3.48. The Balaban J connectivity index is 1.97. The molecule has 0 unspecified atom stereocenters. The molecule has 0 bridgehead atoms. The molecule has 0 radical (unpaired) electrons. The highest BCUT2D eigenvalue weighted by Gasteiger charge is 2.38. The van der Waals surface area contributed by atoms with Crippen molar-refractivity contribution in [3.05, 3.63) is 52.7 Å². The van der Waals surface area contributed by atoms with Gasteiger partial charge >= 0.3 is 12.0 Å². The van der Waals surface area contributed by atoms with E-state index in [9.17, 15) is 9.59 Å². The van der Waals surface area contributed by atoms with Gasteiger partial charge in [-0.25, -0.2) is 14.6 Å². The van der Waals surface area contributed by atoms with Gasteiger partial charge in [-0.05, 0) is 37.6 Å². The molecule has 3 rings (SSSR count). The van der Waals surface area contributed by atoms with Crippen LogP contribution in [0.15, 0.2) is 36.5 Å². The van der Waals surface area contributed by atoms with Gasteiger partial charge in [-0.2, -0.15) is 0 Å². The van der Waals surface area contributed by atoms with Crippen LogP contribution in [0.2, 0.25) is 5.02 Å². The average Bonchev–Trinajstić information content (AvgIpc) is 2.95. The van der Waals surface area contributed by atoms with Gasteiger partial charge in [0.15, 0.2) is 0 Å². The van der Waals surface area contributed by atoms with Crippen molar-refractivity contribution in [2.75, 3.05) is 23.5 Å². The molecule has 1 atom stereocenters. The highest BCUT2D eigenvalue weighted by Crippen LogP contribution is 2.32. The molecule has 1 aliphatic heterocycles. The molecule has 0 spiro atoms. The van der Waals surface area contributed by atoms with Crippen molar-refractivity contribution in [2.45, 2.75) is 26.3 Å². The Labute approximate surface area is 157 Å². The fourth-order valence-electron chi connectivity index (χ4n) is 3.20. The minimum atomic E-state index is -0.437. The van der Waals surface area contributed by atoms with E-state index in [4.69, 9.17) is 16.3 Å². The SMILES string of the molecule is CCc1c(Cl)ccnc1N1C[C@H](C)N(c2cccc(C(=O)OC)c2)C1=O. The Morgan fingerprint density at radius 3 is 2.85 bits per heavy atom. The van der Waals surface area contributed by atoms with Crippen LogP contribution in [0.5, 0.6) is 0 Å². The number of aromatic nitrogens is 1. The Morgan fingerprint density at radius 1 is 1.38 bits per heavy atom. The van der Waals surface area contributed by atoms with Crippen molar-refractivity contribution in [1.82, 2.24) is 4.98 Å². The zero-order chi connectivity index (χ0) is 18.8. The number of ether oxygens (including phenoxy) is 1. The number of rotatable bonds is 4. The van der Waals surface area contributed by atoms with E-state index in [-0.39, 0.29) is 12.1 Å². The lowest BCUT2D eigenvalue weighted by atomic mass is 10.1. The maximum Gasteiger partial charge on any atom is 0.337 e. The van der Waals surface area contributed by atoms with E-state index in [1.54, 1.807) is 46.3 Å². The maximum atomic E-state index is 13.1. The minimum Gasteiger partial charge on any atom is -0.465 e. The molecule has 1 fully saturated rings. The largest absolute Gasteiger partial charge is 0.465 e. The minimum absolute atomic E-state index is 0.0825. The smallest absolute Gasteiger partial charge is 0.337 e. The van der Waals surface area contributed by atoms with Crippen LogP contribution in [-0.4, -0.2) is 36.7 Å². The number of hydrogen-bond acceptors (Lipinski definition) is 4. The van der Waals surface area contributed by atoms with Gasteiger partial charge < -0.3 is 4.74 Å². The lowest BCUT2D eigenvalue weighted by molar-refractivity contribution is 0.0600. The number of esters is 1. The number of carbonyl (C=O) groups excluding carboxylic acids is 2. The van der Waals surface area contributed by atoms with Crippen LogP contribution in [-0.2, 0) is 11.2 Å². The van der Waals surface area contributed by atoms with Crippen molar-refractivity contribution >= 4 is 35.1 Å². The van der Waals surface area contributed by atoms with E-state index >= 15 is 0 Å². The molecule has 26 heavy (non-hydrogen) atoms. The molecule has 2 heterocycles. The highest BCUT2D eigenvalue weighted by molar-refractivity contribution is 6.31. The number of urea groups is 1. The molecule has 1 aromatic carbocycles. The first-order valence-corrected chi connectivity index (χ1v) is 8.78. The van der Waals surface area contributed by atoms with Crippen molar-refractivity contribution in [1.29, 1.82) is 0 Å². The molecule has 1 saturated heterocycles. The van der Waals surface area contributed by atoms with Crippen LogP contribution in [0.4, 0.5) is 16.3 Å². The molecule has 6 nitrogen and oxygen atoms in total. The van der Waals surface area contributed by atoms with Gasteiger partial charge in [0.25, 0.3) is 0 Å². The summed E-state index contributed by atoms with van der Waals surface area (Å²) in [6.45, 7) is 4.43. The topological polar surface area (TPSA) is 62.7 Å². The molecule has 2 aromatic rings. The standard InChI is InChI=1S/C19H20ClN3O3/c1-4-15-16(20)8-9-21-17(15)22-11-12(2)23(19(22)25)14-7-5-6-13(10-14)18(24)26-3/h5-10,12H,4,11H2,1-3H3/t12-/m0/s1. The van der Waals surface area contributed by atoms with Gasteiger partial charge in [-0.15, -0.1) is 0 Å². The lowest BCUT2D eigenvalue weighted by Crippen LogP contribution is -2.34. The molecule has 0 saturated carbocycles. The van der Waals surface area contributed by atoms with Crippen molar-refractivity contribution in [3.63, 3.8) is 0 Å². The number of hydrogen-bond donors (Lipinski definition) is 0. The Bertz CT molecular complexity index is 856. The predicted molar refractivity (Wildman–Crippen MR) is 101 cm³/mol. The van der Waals surface area contributed by atoms with Crippen LogP contribution in [0.1, 0.15) is 29.8 Å². The summed E-state index contributed by atoms with van der Waals surface area (Å²) in [6.07, 6.45) is 2.29. The summed E-state index contributed by atoms with van der Waals surface area (Å²) in [4.78, 5) is 32.6. The number of halogens is 1. The average molecular weight is 374 g/mol. The van der Waals surface area contributed by atoms with Crippen LogP contribution < -0.4 is 9.80 Å². The van der Waals surface area contributed by atoms with E-state index in [2.05, 4.69) is 4.98 Å². The van der Waals surface area contributed by atoms with Gasteiger partial charge in [-0.1, -0.05) is 24.6 Å². The number of anilines is 2. The normalized spacial score (nSPS) is 16.9. The maximum absolute atomic E-state index is 13.1. The number of benzene rings is 1. The van der Waals surface area contributed by atoms with Crippen LogP contribution in [0.3, 0.4) is 0 Å². The second-order valence-corrected chi connectivity index (χ2v) is 6.51. The van der Waals surface area contributed by atoms with E-state index < -0.39 is 5.97 Å². The second kappa shape index (κ2) is 7.33. The van der Waals surface area contributed by atoms with E-state index in [1.807, 2.05) is 13.8 Å². The van der Waals surface area contributed by atoms with Crippen LogP contribution in [0, 0.1) is 0 Å². The van der Waals surface area contributed by atoms with Gasteiger partial charge in [0.05, 0.1) is 18.7 Å². The van der Waals surface area contributed by atoms with E-state index in [0.717, 1.165) is 5.56 Å². The lowest BCUT2D eigenvalue weighted by Gasteiger charge is -2.22.